The molecule has 24 heavy (non-hydrogen) atoms. The zero-order chi connectivity index (χ0) is 17.3. The molecule has 1 N–H and O–H groups in total. The minimum atomic E-state index is -0.416. The highest BCUT2D eigenvalue weighted by Gasteiger charge is 2.26. The number of carbonyl (C=O) groups is 2. The molecule has 1 amide bonds. The van der Waals surface area contributed by atoms with Crippen molar-refractivity contribution in [3.05, 3.63) is 52.0 Å². The Bertz CT molecular complexity index is 823. The smallest absolute Gasteiger partial charge is 0.331 e. The molecule has 0 fully saturated rings. The van der Waals surface area contributed by atoms with Crippen LogP contribution in [-0.2, 0) is 9.59 Å². The van der Waals surface area contributed by atoms with Crippen LogP contribution in [0.5, 0.6) is 5.75 Å². The molecule has 5 nitrogen and oxygen atoms in total. The van der Waals surface area contributed by atoms with Crippen molar-refractivity contribution in [1.82, 2.24) is 0 Å². The van der Waals surface area contributed by atoms with Crippen LogP contribution in [0, 0.1) is 6.92 Å². The predicted molar refractivity (Wildman–Crippen MR) is 94.1 cm³/mol. The van der Waals surface area contributed by atoms with E-state index in [0.29, 0.717) is 27.2 Å². The molecular formula is C17H14Cl2N2O3. The van der Waals surface area contributed by atoms with Crippen LogP contribution in [0.4, 0.5) is 11.4 Å². The third-order valence-corrected chi connectivity index (χ3v) is 4.07. The van der Waals surface area contributed by atoms with E-state index in [1.807, 2.05) is 6.92 Å². The first kappa shape index (κ1) is 16.6. The minimum Gasteiger partial charge on any atom is -0.423 e. The van der Waals surface area contributed by atoms with Gasteiger partial charge in [-0.3, -0.25) is 4.79 Å². The Kier molecular flexibility index (Phi) is 4.64. The summed E-state index contributed by atoms with van der Waals surface area (Å²) < 4.78 is 5.16. The monoisotopic (exact) mass is 364 g/mol. The van der Waals surface area contributed by atoms with Gasteiger partial charge in [-0.05, 0) is 48.9 Å². The van der Waals surface area contributed by atoms with E-state index in [-0.39, 0.29) is 19.0 Å². The fourth-order valence-electron chi connectivity index (χ4n) is 2.49. The van der Waals surface area contributed by atoms with E-state index in [4.69, 9.17) is 27.9 Å². The fraction of sp³-hybridized carbons (Fsp3) is 0.176. The van der Waals surface area contributed by atoms with Crippen LogP contribution in [0.3, 0.4) is 0 Å². The predicted octanol–water partition coefficient (Wildman–Crippen LogP) is 3.67. The molecule has 1 heterocycles. The third-order valence-electron chi connectivity index (χ3n) is 3.60. The number of benzene rings is 2. The molecule has 0 aromatic heterocycles. The Balaban J connectivity index is 1.77. The van der Waals surface area contributed by atoms with E-state index in [9.17, 15) is 9.59 Å². The van der Waals surface area contributed by atoms with Gasteiger partial charge in [-0.15, -0.1) is 0 Å². The first-order valence-electron chi connectivity index (χ1n) is 7.23. The number of esters is 1. The molecular weight excluding hydrogens is 351 g/mol. The Morgan fingerprint density at radius 3 is 2.67 bits per heavy atom. The van der Waals surface area contributed by atoms with E-state index >= 15 is 0 Å². The van der Waals surface area contributed by atoms with Crippen molar-refractivity contribution < 1.29 is 14.3 Å². The molecule has 0 saturated carbocycles. The van der Waals surface area contributed by atoms with E-state index in [1.54, 1.807) is 41.3 Å². The molecule has 0 radical (unpaired) electrons. The Morgan fingerprint density at radius 2 is 1.92 bits per heavy atom. The van der Waals surface area contributed by atoms with E-state index in [0.717, 1.165) is 5.56 Å². The SMILES string of the molecule is Cc1cc(Cl)ccc1NC(=O)CN1CC(=O)Oc2ccc(Cl)cc21. The van der Waals surface area contributed by atoms with Crippen molar-refractivity contribution in [2.24, 2.45) is 0 Å². The Hall–Kier alpha value is -2.24. The normalized spacial score (nSPS) is 13.3. The van der Waals surface area contributed by atoms with Crippen LogP contribution < -0.4 is 15.0 Å². The molecule has 0 spiro atoms. The van der Waals surface area contributed by atoms with Gasteiger partial charge in [-0.25, -0.2) is 4.79 Å². The second-order valence-corrected chi connectivity index (χ2v) is 6.32. The van der Waals surface area contributed by atoms with Crippen LogP contribution >= 0.6 is 23.2 Å². The number of hydrogen-bond donors (Lipinski definition) is 1. The van der Waals surface area contributed by atoms with Gasteiger partial charge in [0.15, 0.2) is 5.75 Å². The molecule has 1 aliphatic rings. The summed E-state index contributed by atoms with van der Waals surface area (Å²) in [5, 5.41) is 3.93. The first-order valence-corrected chi connectivity index (χ1v) is 7.99. The number of aryl methyl sites for hydroxylation is 1. The highest BCUT2D eigenvalue weighted by molar-refractivity contribution is 6.31. The number of amides is 1. The van der Waals surface area contributed by atoms with Gasteiger partial charge in [0.05, 0.1) is 12.2 Å². The maximum atomic E-state index is 12.3. The molecule has 3 rings (SSSR count). The van der Waals surface area contributed by atoms with Crippen molar-refractivity contribution in [3.63, 3.8) is 0 Å². The van der Waals surface area contributed by atoms with Gasteiger partial charge in [-0.1, -0.05) is 23.2 Å². The second-order valence-electron chi connectivity index (χ2n) is 5.45. The maximum absolute atomic E-state index is 12.3. The number of nitrogens with one attached hydrogen (secondary N) is 1. The molecule has 0 atom stereocenters. The van der Waals surface area contributed by atoms with Gasteiger partial charge in [0.25, 0.3) is 0 Å². The fourth-order valence-corrected chi connectivity index (χ4v) is 2.88. The highest BCUT2D eigenvalue weighted by Crippen LogP contribution is 2.34. The van der Waals surface area contributed by atoms with Crippen molar-refractivity contribution in [3.8, 4) is 5.75 Å². The van der Waals surface area contributed by atoms with E-state index in [1.165, 1.54) is 0 Å². The summed E-state index contributed by atoms with van der Waals surface area (Å²) >= 11 is 11.9. The Morgan fingerprint density at radius 1 is 1.21 bits per heavy atom. The number of carbonyl (C=O) groups excluding carboxylic acids is 2. The molecule has 0 aliphatic carbocycles. The van der Waals surface area contributed by atoms with Crippen molar-refractivity contribution in [2.75, 3.05) is 23.3 Å². The average Bonchev–Trinajstić information content (AvgIpc) is 2.51. The third kappa shape index (κ3) is 3.63. The van der Waals surface area contributed by atoms with Crippen LogP contribution in [0.1, 0.15) is 5.56 Å². The number of fused-ring (bicyclic) bond motifs is 1. The van der Waals surface area contributed by atoms with Gasteiger partial charge in [-0.2, -0.15) is 0 Å². The van der Waals surface area contributed by atoms with Gasteiger partial charge in [0, 0.05) is 15.7 Å². The lowest BCUT2D eigenvalue weighted by Gasteiger charge is -2.29. The molecule has 0 unspecified atom stereocenters. The minimum absolute atomic E-state index is 0.00447. The zero-order valence-electron chi connectivity index (χ0n) is 12.8. The lowest BCUT2D eigenvalue weighted by Crippen LogP contribution is -2.41. The van der Waals surface area contributed by atoms with Crippen LogP contribution in [0.2, 0.25) is 10.0 Å². The molecule has 2 aromatic rings. The highest BCUT2D eigenvalue weighted by atomic mass is 35.5. The number of halogens is 2. The summed E-state index contributed by atoms with van der Waals surface area (Å²) in [5.41, 5.74) is 2.15. The molecule has 0 bridgehead atoms. The van der Waals surface area contributed by atoms with Gasteiger partial charge < -0.3 is 15.0 Å². The molecule has 1 aliphatic heterocycles. The average molecular weight is 365 g/mol. The zero-order valence-corrected chi connectivity index (χ0v) is 14.3. The first-order chi connectivity index (χ1) is 11.4. The number of ether oxygens (including phenoxy) is 1. The summed E-state index contributed by atoms with van der Waals surface area (Å²) in [6.07, 6.45) is 0. The van der Waals surface area contributed by atoms with Crippen LogP contribution in [0.15, 0.2) is 36.4 Å². The topological polar surface area (TPSA) is 58.6 Å². The summed E-state index contributed by atoms with van der Waals surface area (Å²) in [4.78, 5) is 25.7. The maximum Gasteiger partial charge on any atom is 0.331 e. The van der Waals surface area contributed by atoms with Crippen molar-refractivity contribution in [1.29, 1.82) is 0 Å². The largest absolute Gasteiger partial charge is 0.423 e. The quantitative estimate of drug-likeness (QED) is 0.666. The number of hydrogen-bond acceptors (Lipinski definition) is 4. The number of nitrogens with zero attached hydrogens (tertiary/aromatic N) is 1. The molecule has 0 saturated heterocycles. The second kappa shape index (κ2) is 6.71. The summed E-state index contributed by atoms with van der Waals surface area (Å²) in [6.45, 7) is 1.85. The van der Waals surface area contributed by atoms with E-state index in [2.05, 4.69) is 5.32 Å². The van der Waals surface area contributed by atoms with Crippen LogP contribution in [-0.4, -0.2) is 25.0 Å². The van der Waals surface area contributed by atoms with E-state index < -0.39 is 5.97 Å². The van der Waals surface area contributed by atoms with Gasteiger partial charge in [0.2, 0.25) is 5.91 Å². The number of rotatable bonds is 3. The van der Waals surface area contributed by atoms with Gasteiger partial charge in [0.1, 0.15) is 6.54 Å². The summed E-state index contributed by atoms with van der Waals surface area (Å²) in [7, 11) is 0. The lowest BCUT2D eigenvalue weighted by atomic mass is 10.2. The van der Waals surface area contributed by atoms with Crippen molar-refractivity contribution in [2.45, 2.75) is 6.92 Å². The molecule has 7 heteroatoms. The van der Waals surface area contributed by atoms with Gasteiger partial charge >= 0.3 is 5.97 Å². The van der Waals surface area contributed by atoms with Crippen molar-refractivity contribution >= 4 is 46.5 Å². The molecule has 124 valence electrons. The summed E-state index contributed by atoms with van der Waals surface area (Å²) in [6, 6.07) is 10.1. The number of anilines is 2. The standard InChI is InChI=1S/C17H14Cl2N2O3/c1-10-6-11(18)2-4-13(10)20-16(22)8-21-9-17(23)24-15-5-3-12(19)7-14(15)21/h2-7H,8-9H2,1H3,(H,20,22). The molecule has 2 aromatic carbocycles. The Labute approximate surface area is 149 Å². The lowest BCUT2D eigenvalue weighted by molar-refractivity contribution is -0.133. The van der Waals surface area contributed by atoms with Crippen LogP contribution in [0.25, 0.3) is 0 Å². The summed E-state index contributed by atoms with van der Waals surface area (Å²) in [5.74, 6) is -0.271.